The maximum atomic E-state index is 13.0. The van der Waals surface area contributed by atoms with Gasteiger partial charge in [-0.25, -0.2) is 4.39 Å². The first-order valence-electron chi connectivity index (χ1n) is 3.49. The number of halogens is 2. The average Bonchev–Trinajstić information content (AvgIpc) is 2.00. The standard InChI is InChI=1S/C9H12FI/c1-3-5-8(7-11)9(10)6-4-2/h3,5-6H,1,4,7H2,2H3/b8-5-,9-6+. The summed E-state index contributed by atoms with van der Waals surface area (Å²) in [4.78, 5) is 0. The van der Waals surface area contributed by atoms with E-state index in [1.54, 1.807) is 18.2 Å². The molecule has 0 rings (SSSR count). The van der Waals surface area contributed by atoms with Crippen LogP contribution in [0, 0.1) is 0 Å². The third-order valence-electron chi connectivity index (χ3n) is 1.15. The van der Waals surface area contributed by atoms with Crippen molar-refractivity contribution in [2.24, 2.45) is 0 Å². The maximum Gasteiger partial charge on any atom is 0.123 e. The van der Waals surface area contributed by atoms with Crippen molar-refractivity contribution in [3.8, 4) is 0 Å². The molecule has 0 aliphatic rings. The van der Waals surface area contributed by atoms with Crippen LogP contribution in [-0.2, 0) is 0 Å². The lowest BCUT2D eigenvalue weighted by atomic mass is 10.2. The molecule has 0 saturated carbocycles. The Morgan fingerprint density at radius 2 is 2.27 bits per heavy atom. The van der Waals surface area contributed by atoms with E-state index in [-0.39, 0.29) is 5.83 Å². The number of alkyl halides is 1. The van der Waals surface area contributed by atoms with Crippen LogP contribution < -0.4 is 0 Å². The number of hydrogen-bond donors (Lipinski definition) is 0. The second kappa shape index (κ2) is 6.58. The quantitative estimate of drug-likeness (QED) is 0.412. The fourth-order valence-electron chi connectivity index (χ4n) is 0.641. The Hall–Kier alpha value is -0.120. The first-order valence-corrected chi connectivity index (χ1v) is 5.02. The first-order chi connectivity index (χ1) is 5.26. The summed E-state index contributed by atoms with van der Waals surface area (Å²) in [6.07, 6.45) is 5.62. The molecule has 0 nitrogen and oxygen atoms in total. The van der Waals surface area contributed by atoms with Gasteiger partial charge in [-0.05, 0) is 18.1 Å². The molecule has 0 heterocycles. The third kappa shape index (κ3) is 4.35. The zero-order valence-corrected chi connectivity index (χ0v) is 8.77. The second-order valence-electron chi connectivity index (χ2n) is 2.02. The minimum Gasteiger partial charge on any atom is -0.207 e. The van der Waals surface area contributed by atoms with Gasteiger partial charge in [0.1, 0.15) is 5.83 Å². The van der Waals surface area contributed by atoms with Gasteiger partial charge in [-0.3, -0.25) is 0 Å². The van der Waals surface area contributed by atoms with Crippen LogP contribution in [0.2, 0.25) is 0 Å². The molecule has 0 aliphatic heterocycles. The molecule has 0 spiro atoms. The monoisotopic (exact) mass is 266 g/mol. The van der Waals surface area contributed by atoms with Crippen LogP contribution in [0.5, 0.6) is 0 Å². The molecule has 0 bridgehead atoms. The van der Waals surface area contributed by atoms with Gasteiger partial charge in [-0.2, -0.15) is 0 Å². The van der Waals surface area contributed by atoms with Crippen molar-refractivity contribution in [3.63, 3.8) is 0 Å². The normalized spacial score (nSPS) is 13.4. The molecule has 0 aliphatic carbocycles. The molecule has 0 unspecified atom stereocenters. The molecule has 0 N–H and O–H groups in total. The van der Waals surface area contributed by atoms with E-state index in [0.717, 1.165) is 6.42 Å². The van der Waals surface area contributed by atoms with Crippen molar-refractivity contribution >= 4 is 22.6 Å². The largest absolute Gasteiger partial charge is 0.207 e. The summed E-state index contributed by atoms with van der Waals surface area (Å²) in [5.41, 5.74) is 0.711. The number of allylic oxidation sites excluding steroid dienone is 5. The minimum absolute atomic E-state index is 0.123. The van der Waals surface area contributed by atoms with Crippen molar-refractivity contribution in [3.05, 3.63) is 36.2 Å². The lowest BCUT2D eigenvalue weighted by molar-refractivity contribution is 0.647. The molecular formula is C9H12FI. The summed E-state index contributed by atoms with van der Waals surface area (Å²) in [5, 5.41) is 0. The van der Waals surface area contributed by atoms with Gasteiger partial charge in [0.2, 0.25) is 0 Å². The molecule has 11 heavy (non-hydrogen) atoms. The summed E-state index contributed by atoms with van der Waals surface area (Å²) < 4.78 is 13.7. The predicted octanol–water partition coefficient (Wildman–Crippen LogP) is 3.80. The zero-order chi connectivity index (χ0) is 8.69. The van der Waals surface area contributed by atoms with Crippen LogP contribution in [0.1, 0.15) is 13.3 Å². The van der Waals surface area contributed by atoms with E-state index >= 15 is 0 Å². The molecule has 2 heteroatoms. The molecule has 0 aromatic heterocycles. The molecule has 0 aromatic rings. The van der Waals surface area contributed by atoms with Crippen molar-refractivity contribution in [1.29, 1.82) is 0 Å². The predicted molar refractivity (Wildman–Crippen MR) is 56.6 cm³/mol. The smallest absolute Gasteiger partial charge is 0.123 e. The van der Waals surface area contributed by atoms with E-state index in [2.05, 4.69) is 29.2 Å². The van der Waals surface area contributed by atoms with Crippen LogP contribution >= 0.6 is 22.6 Å². The number of rotatable bonds is 4. The van der Waals surface area contributed by atoms with Crippen LogP contribution in [0.4, 0.5) is 4.39 Å². The topological polar surface area (TPSA) is 0 Å². The van der Waals surface area contributed by atoms with Crippen molar-refractivity contribution in [2.75, 3.05) is 4.43 Å². The highest BCUT2D eigenvalue weighted by Gasteiger charge is 1.99. The fraction of sp³-hybridized carbons (Fsp3) is 0.333. The Kier molecular flexibility index (Phi) is 6.51. The van der Waals surface area contributed by atoms with Crippen LogP contribution in [-0.4, -0.2) is 4.43 Å². The van der Waals surface area contributed by atoms with E-state index < -0.39 is 0 Å². The van der Waals surface area contributed by atoms with Crippen molar-refractivity contribution < 1.29 is 4.39 Å². The van der Waals surface area contributed by atoms with Gasteiger partial charge in [-0.1, -0.05) is 48.2 Å². The van der Waals surface area contributed by atoms with E-state index in [4.69, 9.17) is 0 Å². The SMILES string of the molecule is C=C/C=C(CI)\C(F)=C/CC. The Bertz CT molecular complexity index is 180. The van der Waals surface area contributed by atoms with Crippen molar-refractivity contribution in [2.45, 2.75) is 13.3 Å². The summed E-state index contributed by atoms with van der Waals surface area (Å²) >= 11 is 2.13. The van der Waals surface area contributed by atoms with E-state index in [1.165, 1.54) is 0 Å². The third-order valence-corrected chi connectivity index (χ3v) is 1.97. The van der Waals surface area contributed by atoms with Crippen LogP contribution in [0.15, 0.2) is 36.2 Å². The summed E-state index contributed by atoms with van der Waals surface area (Å²) in [6.45, 7) is 5.43. The minimum atomic E-state index is -0.123. The van der Waals surface area contributed by atoms with Gasteiger partial charge in [0.15, 0.2) is 0 Å². The Morgan fingerprint density at radius 1 is 1.64 bits per heavy atom. The molecule has 0 amide bonds. The van der Waals surface area contributed by atoms with Crippen LogP contribution in [0.25, 0.3) is 0 Å². The highest BCUT2D eigenvalue weighted by atomic mass is 127. The summed E-state index contributed by atoms with van der Waals surface area (Å²) in [5.74, 6) is -0.123. The lowest BCUT2D eigenvalue weighted by Gasteiger charge is -1.97. The molecule has 0 atom stereocenters. The van der Waals surface area contributed by atoms with Gasteiger partial charge in [-0.15, -0.1) is 0 Å². The van der Waals surface area contributed by atoms with E-state index in [0.29, 0.717) is 10.0 Å². The maximum absolute atomic E-state index is 13.0. The fourth-order valence-corrected chi connectivity index (χ4v) is 1.26. The van der Waals surface area contributed by atoms with E-state index in [1.807, 2.05) is 6.92 Å². The Labute approximate surface area is 81.0 Å². The summed E-state index contributed by atoms with van der Waals surface area (Å²) in [6, 6.07) is 0. The molecule has 62 valence electrons. The summed E-state index contributed by atoms with van der Waals surface area (Å²) in [7, 11) is 0. The Balaban J connectivity index is 4.37. The average molecular weight is 266 g/mol. The molecular weight excluding hydrogens is 254 g/mol. The first kappa shape index (κ1) is 10.9. The van der Waals surface area contributed by atoms with Gasteiger partial charge >= 0.3 is 0 Å². The number of hydrogen-bond acceptors (Lipinski definition) is 0. The van der Waals surface area contributed by atoms with Crippen molar-refractivity contribution in [1.82, 2.24) is 0 Å². The van der Waals surface area contributed by atoms with Gasteiger partial charge in [0.25, 0.3) is 0 Å². The molecule has 0 aromatic carbocycles. The van der Waals surface area contributed by atoms with E-state index in [9.17, 15) is 4.39 Å². The second-order valence-corrected chi connectivity index (χ2v) is 2.78. The zero-order valence-electron chi connectivity index (χ0n) is 6.61. The van der Waals surface area contributed by atoms with Gasteiger partial charge in [0.05, 0.1) is 0 Å². The molecule has 0 saturated heterocycles. The Morgan fingerprint density at radius 3 is 2.64 bits per heavy atom. The molecule has 0 fully saturated rings. The lowest BCUT2D eigenvalue weighted by Crippen LogP contribution is -1.84. The highest BCUT2D eigenvalue weighted by molar-refractivity contribution is 14.1. The molecule has 0 radical (unpaired) electrons. The van der Waals surface area contributed by atoms with Gasteiger partial charge < -0.3 is 0 Å². The highest BCUT2D eigenvalue weighted by Crippen LogP contribution is 2.14. The van der Waals surface area contributed by atoms with Gasteiger partial charge in [0, 0.05) is 4.43 Å². The van der Waals surface area contributed by atoms with Crippen LogP contribution in [0.3, 0.4) is 0 Å².